The number of rotatable bonds is 8. The van der Waals surface area contributed by atoms with E-state index in [4.69, 9.17) is 13.9 Å². The minimum Gasteiger partial charge on any atom is -0.497 e. The van der Waals surface area contributed by atoms with Crippen molar-refractivity contribution >= 4 is 16.9 Å². The summed E-state index contributed by atoms with van der Waals surface area (Å²) in [6.07, 6.45) is 1.90. The summed E-state index contributed by atoms with van der Waals surface area (Å²) in [5, 5.41) is 3.98. The maximum Gasteiger partial charge on any atom is 0.224 e. The van der Waals surface area contributed by atoms with Crippen LogP contribution in [-0.4, -0.2) is 40.8 Å². The Bertz CT molecular complexity index is 949. The van der Waals surface area contributed by atoms with Crippen molar-refractivity contribution < 1.29 is 23.6 Å². The Morgan fingerprint density at radius 3 is 2.64 bits per heavy atom. The van der Waals surface area contributed by atoms with Gasteiger partial charge in [-0.05, 0) is 24.3 Å². The molecule has 0 aliphatic rings. The average molecular weight is 383 g/mol. The third-order valence-corrected chi connectivity index (χ3v) is 4.93. The third-order valence-electron chi connectivity index (χ3n) is 4.93. The van der Waals surface area contributed by atoms with Crippen LogP contribution in [0, 0.1) is 0 Å². The van der Waals surface area contributed by atoms with Crippen LogP contribution in [0.4, 0.5) is 0 Å². The van der Waals surface area contributed by atoms with Gasteiger partial charge in [0, 0.05) is 17.0 Å². The van der Waals surface area contributed by atoms with Crippen LogP contribution in [0.1, 0.15) is 17.2 Å². The number of fused-ring (bicyclic) bond motifs is 1. The number of hydrogen-bond acceptors (Lipinski definition) is 4. The summed E-state index contributed by atoms with van der Waals surface area (Å²) in [4.78, 5) is 13.8. The minimum atomic E-state index is -0.0420. The second kappa shape index (κ2) is 8.80. The predicted molar refractivity (Wildman–Crippen MR) is 108 cm³/mol. The van der Waals surface area contributed by atoms with Crippen molar-refractivity contribution in [2.24, 2.45) is 0 Å². The van der Waals surface area contributed by atoms with Crippen LogP contribution >= 0.6 is 0 Å². The Morgan fingerprint density at radius 2 is 1.93 bits per heavy atom. The van der Waals surface area contributed by atoms with Crippen molar-refractivity contribution in [2.75, 3.05) is 34.9 Å². The summed E-state index contributed by atoms with van der Waals surface area (Å²) >= 11 is 0. The van der Waals surface area contributed by atoms with Crippen LogP contribution in [0.3, 0.4) is 0 Å². The normalized spacial score (nSPS) is 12.2. The first-order valence-corrected chi connectivity index (χ1v) is 9.27. The molecule has 28 heavy (non-hydrogen) atoms. The second-order valence-corrected chi connectivity index (χ2v) is 6.98. The molecule has 3 rings (SSSR count). The largest absolute Gasteiger partial charge is 0.497 e. The summed E-state index contributed by atoms with van der Waals surface area (Å²) in [5.74, 6) is 1.52. The zero-order valence-electron chi connectivity index (χ0n) is 16.7. The van der Waals surface area contributed by atoms with E-state index < -0.39 is 0 Å². The lowest BCUT2D eigenvalue weighted by Gasteiger charge is -2.23. The molecule has 0 spiro atoms. The van der Waals surface area contributed by atoms with Gasteiger partial charge in [-0.2, -0.15) is 0 Å². The van der Waals surface area contributed by atoms with Gasteiger partial charge in [0.2, 0.25) is 5.91 Å². The highest BCUT2D eigenvalue weighted by Gasteiger charge is 2.22. The molecule has 1 aromatic heterocycles. The van der Waals surface area contributed by atoms with Gasteiger partial charge in [0.25, 0.3) is 0 Å². The van der Waals surface area contributed by atoms with Gasteiger partial charge in [-0.15, -0.1) is 0 Å². The number of furan rings is 1. The van der Waals surface area contributed by atoms with Gasteiger partial charge in [0.05, 0.1) is 53.1 Å². The smallest absolute Gasteiger partial charge is 0.224 e. The number of nitrogens with one attached hydrogen (secondary N) is 2. The second-order valence-electron chi connectivity index (χ2n) is 6.98. The summed E-state index contributed by atoms with van der Waals surface area (Å²) in [7, 11) is 7.42. The lowest BCUT2D eigenvalue weighted by Crippen LogP contribution is -3.07. The molecule has 2 N–H and O–H groups in total. The quantitative estimate of drug-likeness (QED) is 0.624. The first-order chi connectivity index (χ1) is 13.5. The average Bonchev–Trinajstić information content (AvgIpc) is 3.10. The van der Waals surface area contributed by atoms with Crippen molar-refractivity contribution in [3.8, 4) is 11.5 Å². The number of carbonyl (C=O) groups excluding carboxylic acids is 1. The molecule has 3 aromatic rings. The molecule has 0 radical (unpaired) electrons. The molecule has 0 saturated heterocycles. The number of methoxy groups -OCH3 is 2. The molecule has 1 atom stereocenters. The number of ether oxygens (including phenoxy) is 2. The molecule has 0 aliphatic heterocycles. The van der Waals surface area contributed by atoms with E-state index in [1.54, 1.807) is 20.5 Å². The zero-order valence-corrected chi connectivity index (χ0v) is 16.7. The van der Waals surface area contributed by atoms with E-state index in [1.807, 2.05) is 42.5 Å². The van der Waals surface area contributed by atoms with Crippen LogP contribution in [0.5, 0.6) is 11.5 Å². The summed E-state index contributed by atoms with van der Waals surface area (Å²) in [6, 6.07) is 13.6. The monoisotopic (exact) mass is 383 g/mol. The number of benzene rings is 2. The van der Waals surface area contributed by atoms with E-state index in [0.717, 1.165) is 28.0 Å². The lowest BCUT2D eigenvalue weighted by molar-refractivity contribution is -0.890. The Labute approximate surface area is 165 Å². The van der Waals surface area contributed by atoms with Crippen LogP contribution in [0.25, 0.3) is 11.0 Å². The molecule has 148 valence electrons. The molecule has 6 heteroatoms. The van der Waals surface area contributed by atoms with Gasteiger partial charge in [-0.1, -0.05) is 12.1 Å². The highest BCUT2D eigenvalue weighted by Crippen LogP contribution is 2.26. The summed E-state index contributed by atoms with van der Waals surface area (Å²) in [6.45, 7) is 0.519. The molecule has 0 bridgehead atoms. The number of quaternary nitrogens is 1. The van der Waals surface area contributed by atoms with E-state index >= 15 is 0 Å². The number of para-hydroxylation sites is 1. The SMILES string of the molecule is COc1ccc2c(CC(=O)NC[C@H](c3ccccc3OC)[NH+](C)C)coc2c1. The molecule has 6 nitrogen and oxygen atoms in total. The van der Waals surface area contributed by atoms with Crippen molar-refractivity contribution in [3.63, 3.8) is 0 Å². The highest BCUT2D eigenvalue weighted by atomic mass is 16.5. The maximum atomic E-state index is 12.6. The fraction of sp³-hybridized carbons (Fsp3) is 0.318. The molecule has 0 fully saturated rings. The van der Waals surface area contributed by atoms with E-state index in [9.17, 15) is 4.79 Å². The Hall–Kier alpha value is -2.99. The van der Waals surface area contributed by atoms with E-state index in [-0.39, 0.29) is 18.4 Å². The molecule has 0 saturated carbocycles. The van der Waals surface area contributed by atoms with Gasteiger partial charge in [0.1, 0.15) is 23.1 Å². The van der Waals surface area contributed by atoms with Gasteiger partial charge in [0.15, 0.2) is 0 Å². The molecule has 1 amide bonds. The highest BCUT2D eigenvalue weighted by molar-refractivity contribution is 5.88. The van der Waals surface area contributed by atoms with E-state index in [0.29, 0.717) is 12.1 Å². The lowest BCUT2D eigenvalue weighted by atomic mass is 10.0. The Morgan fingerprint density at radius 1 is 1.14 bits per heavy atom. The van der Waals surface area contributed by atoms with Crippen molar-refractivity contribution in [3.05, 3.63) is 59.9 Å². The van der Waals surface area contributed by atoms with Gasteiger partial charge in [-0.3, -0.25) is 4.79 Å². The Balaban J connectivity index is 1.69. The standard InChI is InChI=1S/C22H26N2O4/c1-24(2)19(18-7-5-6-8-20(18)27-4)13-23-22(25)11-15-14-28-21-12-16(26-3)9-10-17(15)21/h5-10,12,14,19H,11,13H2,1-4H3,(H,23,25)/p+1/t19-/m1/s1. The van der Waals surface area contributed by atoms with Crippen LogP contribution in [0.15, 0.2) is 53.1 Å². The number of carbonyl (C=O) groups is 1. The topological polar surface area (TPSA) is 65.1 Å². The first kappa shape index (κ1) is 19.8. The van der Waals surface area contributed by atoms with Crippen LogP contribution in [-0.2, 0) is 11.2 Å². The summed E-state index contributed by atoms with van der Waals surface area (Å²) < 4.78 is 16.3. The minimum absolute atomic E-state index is 0.0420. The molecule has 0 aliphatic carbocycles. The Kier molecular flexibility index (Phi) is 6.21. The number of amides is 1. The van der Waals surface area contributed by atoms with Crippen molar-refractivity contribution in [2.45, 2.75) is 12.5 Å². The number of hydrogen-bond donors (Lipinski definition) is 2. The molecular weight excluding hydrogens is 356 g/mol. The van der Waals surface area contributed by atoms with Crippen molar-refractivity contribution in [1.29, 1.82) is 0 Å². The molecule has 1 heterocycles. The van der Waals surface area contributed by atoms with E-state index in [1.165, 1.54) is 4.90 Å². The van der Waals surface area contributed by atoms with Gasteiger partial charge < -0.3 is 24.1 Å². The number of likely N-dealkylation sites (N-methyl/N-ethyl adjacent to an activating group) is 1. The molecule has 2 aromatic carbocycles. The third kappa shape index (κ3) is 4.28. The van der Waals surface area contributed by atoms with Gasteiger partial charge >= 0.3 is 0 Å². The fourth-order valence-corrected chi connectivity index (χ4v) is 3.36. The van der Waals surface area contributed by atoms with Crippen LogP contribution < -0.4 is 19.7 Å². The van der Waals surface area contributed by atoms with Crippen LogP contribution in [0.2, 0.25) is 0 Å². The fourth-order valence-electron chi connectivity index (χ4n) is 3.36. The van der Waals surface area contributed by atoms with Crippen molar-refractivity contribution in [1.82, 2.24) is 5.32 Å². The van der Waals surface area contributed by atoms with E-state index in [2.05, 4.69) is 19.4 Å². The first-order valence-electron chi connectivity index (χ1n) is 9.27. The zero-order chi connectivity index (χ0) is 20.1. The summed E-state index contributed by atoms with van der Waals surface area (Å²) in [5.41, 5.74) is 2.65. The maximum absolute atomic E-state index is 12.6. The predicted octanol–water partition coefficient (Wildman–Crippen LogP) is 1.99. The molecule has 0 unspecified atom stereocenters. The molecular formula is C22H27N2O4+. The van der Waals surface area contributed by atoms with Gasteiger partial charge in [-0.25, -0.2) is 0 Å².